The number of benzene rings is 1. The first-order chi connectivity index (χ1) is 14.1. The van der Waals surface area contributed by atoms with Crippen molar-refractivity contribution in [1.29, 1.82) is 0 Å². The molecule has 0 heterocycles. The molecule has 0 fully saturated rings. The van der Waals surface area contributed by atoms with Gasteiger partial charge in [0.2, 0.25) is 0 Å². The fraction of sp³-hybridized carbons (Fsp3) is 0.583. The van der Waals surface area contributed by atoms with Gasteiger partial charge in [0.1, 0.15) is 11.6 Å². The van der Waals surface area contributed by atoms with Gasteiger partial charge in [0.25, 0.3) is 0 Å². The molecule has 1 aromatic carbocycles. The molecule has 0 aliphatic heterocycles. The van der Waals surface area contributed by atoms with Gasteiger partial charge in [-0.15, -0.1) is 6.58 Å². The third-order valence-corrected chi connectivity index (χ3v) is 4.51. The van der Waals surface area contributed by atoms with Crippen molar-refractivity contribution >= 4 is 12.1 Å². The van der Waals surface area contributed by atoms with Crippen molar-refractivity contribution in [2.75, 3.05) is 7.11 Å². The van der Waals surface area contributed by atoms with Crippen LogP contribution in [-0.2, 0) is 20.7 Å². The van der Waals surface area contributed by atoms with Gasteiger partial charge in [-0.05, 0) is 51.5 Å². The molecule has 0 saturated heterocycles. The van der Waals surface area contributed by atoms with Crippen LogP contribution in [0.1, 0.15) is 53.0 Å². The van der Waals surface area contributed by atoms with E-state index in [2.05, 4.69) is 31.1 Å². The minimum absolute atomic E-state index is 0.224. The van der Waals surface area contributed by atoms with E-state index in [9.17, 15) is 9.59 Å². The average molecular weight is 419 g/mol. The Morgan fingerprint density at radius 1 is 1.13 bits per heavy atom. The van der Waals surface area contributed by atoms with E-state index >= 15 is 0 Å². The molecule has 168 valence electrons. The molecule has 1 rings (SSSR count). The van der Waals surface area contributed by atoms with Crippen molar-refractivity contribution in [3.05, 3.63) is 48.6 Å². The minimum Gasteiger partial charge on any atom is -0.468 e. The topological polar surface area (TPSA) is 76.7 Å². The summed E-state index contributed by atoms with van der Waals surface area (Å²) in [7, 11) is 1.39. The Morgan fingerprint density at radius 3 is 2.27 bits per heavy atom. The summed E-state index contributed by atoms with van der Waals surface area (Å²) < 4.78 is 10.5. The molecule has 0 radical (unpaired) electrons. The fourth-order valence-corrected chi connectivity index (χ4v) is 3.25. The van der Waals surface area contributed by atoms with Crippen LogP contribution in [0.5, 0.6) is 0 Å². The van der Waals surface area contributed by atoms with E-state index in [4.69, 9.17) is 9.47 Å². The maximum Gasteiger partial charge on any atom is 0.407 e. The lowest BCUT2D eigenvalue weighted by Gasteiger charge is -2.32. The third-order valence-electron chi connectivity index (χ3n) is 4.51. The number of alkyl carbamates (subject to hydrolysis) is 1. The van der Waals surface area contributed by atoms with Crippen molar-refractivity contribution in [2.45, 2.75) is 77.6 Å². The molecule has 6 heteroatoms. The molecular weight excluding hydrogens is 380 g/mol. The summed E-state index contributed by atoms with van der Waals surface area (Å²) in [6.45, 7) is 13.5. The number of rotatable bonds is 11. The molecule has 3 atom stereocenters. The maximum absolute atomic E-state index is 12.5. The molecular formula is C24H38N2O4. The Kier molecular flexibility index (Phi) is 10.6. The highest BCUT2D eigenvalue weighted by Crippen LogP contribution is 2.15. The van der Waals surface area contributed by atoms with Gasteiger partial charge in [0.05, 0.1) is 13.2 Å². The summed E-state index contributed by atoms with van der Waals surface area (Å²) in [5.41, 5.74) is 0.475. The van der Waals surface area contributed by atoms with Gasteiger partial charge in [-0.2, -0.15) is 0 Å². The van der Waals surface area contributed by atoms with E-state index in [1.807, 2.05) is 51.1 Å². The molecule has 0 saturated carbocycles. The Morgan fingerprint density at radius 2 is 1.77 bits per heavy atom. The van der Waals surface area contributed by atoms with Crippen LogP contribution in [-0.4, -0.2) is 42.9 Å². The Balaban J connectivity index is 3.12. The van der Waals surface area contributed by atoms with Gasteiger partial charge in [0.15, 0.2) is 0 Å². The van der Waals surface area contributed by atoms with Gasteiger partial charge in [-0.1, -0.05) is 50.3 Å². The van der Waals surface area contributed by atoms with Gasteiger partial charge in [-0.3, -0.25) is 10.1 Å². The molecule has 0 aliphatic rings. The van der Waals surface area contributed by atoms with Crippen molar-refractivity contribution in [2.24, 2.45) is 5.92 Å². The van der Waals surface area contributed by atoms with Gasteiger partial charge in [-0.25, -0.2) is 4.79 Å². The second-order valence-corrected chi connectivity index (χ2v) is 8.95. The van der Waals surface area contributed by atoms with Gasteiger partial charge in [0, 0.05) is 6.04 Å². The highest BCUT2D eigenvalue weighted by molar-refractivity contribution is 5.75. The lowest BCUT2D eigenvalue weighted by Crippen LogP contribution is -2.56. The van der Waals surface area contributed by atoms with Crippen LogP contribution >= 0.6 is 0 Å². The summed E-state index contributed by atoms with van der Waals surface area (Å²) in [5.74, 6) is -0.00846. The number of hydrogen-bond donors (Lipinski definition) is 2. The standard InChI is InChI=1S/C24H38N2O4/c1-8-12-19(25-21(15-17(2)3)22(27)29-7)20(16-18-13-10-9-11-14-18)26-23(28)30-24(4,5)6/h8-11,13-14,17,19-21,25H,1,12,15-16H2,2-7H3,(H,26,28)/t19?,20-,21-/m0/s1. The lowest BCUT2D eigenvalue weighted by molar-refractivity contribution is -0.143. The highest BCUT2D eigenvalue weighted by atomic mass is 16.6. The van der Waals surface area contributed by atoms with E-state index in [-0.39, 0.29) is 18.1 Å². The summed E-state index contributed by atoms with van der Waals surface area (Å²) in [6, 6.07) is 8.91. The molecule has 1 amide bonds. The van der Waals surface area contributed by atoms with Crippen molar-refractivity contribution < 1.29 is 19.1 Å². The van der Waals surface area contributed by atoms with Crippen molar-refractivity contribution in [3.63, 3.8) is 0 Å². The van der Waals surface area contributed by atoms with Crippen LogP contribution in [0.3, 0.4) is 0 Å². The maximum atomic E-state index is 12.5. The molecule has 30 heavy (non-hydrogen) atoms. The molecule has 0 aliphatic carbocycles. The number of ether oxygens (including phenoxy) is 2. The molecule has 1 unspecified atom stereocenters. The van der Waals surface area contributed by atoms with Crippen molar-refractivity contribution in [1.82, 2.24) is 10.6 Å². The first kappa shape index (κ1) is 25.7. The SMILES string of the molecule is C=CCC(N[C@@H](CC(C)C)C(=O)OC)[C@H](Cc1ccccc1)NC(=O)OC(C)(C)C. The summed E-state index contributed by atoms with van der Waals surface area (Å²) in [6.07, 6.45) is 3.08. The normalized spacial score (nSPS) is 14.5. The Hall–Kier alpha value is -2.34. The molecule has 1 aromatic rings. The second-order valence-electron chi connectivity index (χ2n) is 8.95. The molecule has 0 spiro atoms. The smallest absolute Gasteiger partial charge is 0.407 e. The summed E-state index contributed by atoms with van der Waals surface area (Å²) >= 11 is 0. The van der Waals surface area contributed by atoms with E-state index in [1.165, 1.54) is 7.11 Å². The number of methoxy groups -OCH3 is 1. The van der Waals surface area contributed by atoms with E-state index in [1.54, 1.807) is 6.08 Å². The van der Waals surface area contributed by atoms with Crippen LogP contribution in [0.15, 0.2) is 43.0 Å². The monoisotopic (exact) mass is 418 g/mol. The number of amides is 1. The van der Waals surface area contributed by atoms with Crippen LogP contribution in [0.2, 0.25) is 0 Å². The van der Waals surface area contributed by atoms with Crippen LogP contribution in [0, 0.1) is 5.92 Å². The second kappa shape index (κ2) is 12.4. The lowest BCUT2D eigenvalue weighted by atomic mass is 9.94. The number of carbonyl (C=O) groups is 2. The van der Waals surface area contributed by atoms with Gasteiger partial charge >= 0.3 is 12.1 Å². The quantitative estimate of drug-likeness (QED) is 0.415. The first-order valence-corrected chi connectivity index (χ1v) is 10.5. The Labute approximate surface area is 181 Å². The zero-order valence-electron chi connectivity index (χ0n) is 19.2. The van der Waals surface area contributed by atoms with Gasteiger partial charge < -0.3 is 14.8 Å². The third kappa shape index (κ3) is 9.92. The zero-order valence-corrected chi connectivity index (χ0v) is 19.2. The molecule has 0 bridgehead atoms. The largest absolute Gasteiger partial charge is 0.468 e. The molecule has 0 aromatic heterocycles. The summed E-state index contributed by atoms with van der Waals surface area (Å²) in [5, 5.41) is 6.41. The van der Waals surface area contributed by atoms with Crippen LogP contribution in [0.4, 0.5) is 4.79 Å². The number of hydrogen-bond acceptors (Lipinski definition) is 5. The average Bonchev–Trinajstić information content (AvgIpc) is 2.64. The summed E-state index contributed by atoms with van der Waals surface area (Å²) in [4.78, 5) is 24.9. The minimum atomic E-state index is -0.602. The highest BCUT2D eigenvalue weighted by Gasteiger charge is 2.30. The molecule has 2 N–H and O–H groups in total. The van der Waals surface area contributed by atoms with Crippen LogP contribution in [0.25, 0.3) is 0 Å². The number of carbonyl (C=O) groups excluding carboxylic acids is 2. The molecule has 6 nitrogen and oxygen atoms in total. The predicted molar refractivity (Wildman–Crippen MR) is 120 cm³/mol. The first-order valence-electron chi connectivity index (χ1n) is 10.5. The zero-order chi connectivity index (χ0) is 22.7. The van der Waals surface area contributed by atoms with Crippen LogP contribution < -0.4 is 10.6 Å². The number of esters is 1. The van der Waals surface area contributed by atoms with Crippen molar-refractivity contribution in [3.8, 4) is 0 Å². The van der Waals surface area contributed by atoms with E-state index in [0.717, 1.165) is 5.56 Å². The Bertz CT molecular complexity index is 668. The van der Waals surface area contributed by atoms with E-state index < -0.39 is 17.7 Å². The van der Waals surface area contributed by atoms with E-state index in [0.29, 0.717) is 25.2 Å². The predicted octanol–water partition coefficient (Wildman–Crippen LogP) is 4.24. The number of nitrogens with one attached hydrogen (secondary N) is 2. The fourth-order valence-electron chi connectivity index (χ4n) is 3.25.